The van der Waals surface area contributed by atoms with Crippen LogP contribution in [0.4, 0.5) is 4.39 Å². The smallest absolute Gasteiger partial charge is 0.349 e. The second-order valence-electron chi connectivity index (χ2n) is 6.79. The number of carbonyl (C=O) groups is 2. The van der Waals surface area contributed by atoms with Gasteiger partial charge in [-0.05, 0) is 25.0 Å². The summed E-state index contributed by atoms with van der Waals surface area (Å²) in [6.07, 6.45) is 6.55. The van der Waals surface area contributed by atoms with Gasteiger partial charge in [-0.1, -0.05) is 31.7 Å². The number of hydrogen-bond donors (Lipinski definition) is 1. The van der Waals surface area contributed by atoms with E-state index in [-0.39, 0.29) is 30.0 Å². The Morgan fingerprint density at radius 2 is 1.96 bits per heavy atom. The van der Waals surface area contributed by atoms with Gasteiger partial charge in [0.25, 0.3) is 5.91 Å². The molecule has 1 amide bonds. The minimum Gasteiger partial charge on any atom is -0.451 e. The van der Waals surface area contributed by atoms with E-state index in [0.717, 1.165) is 37.0 Å². The summed E-state index contributed by atoms with van der Waals surface area (Å²) >= 11 is 1.15. The zero-order valence-electron chi connectivity index (χ0n) is 15.4. The molecular weight excluding hydrogens is 369 g/mol. The molecule has 27 heavy (non-hydrogen) atoms. The summed E-state index contributed by atoms with van der Waals surface area (Å²) in [4.78, 5) is 24.9. The number of esters is 1. The SMILES string of the molecule is COCc1c(C(=O)OCC(=O)NC2CCCCCC2)sc2cccc(F)c12. The molecule has 7 heteroatoms. The minimum absolute atomic E-state index is 0.0969. The van der Waals surface area contributed by atoms with Crippen LogP contribution in [0.5, 0.6) is 0 Å². The van der Waals surface area contributed by atoms with Gasteiger partial charge < -0.3 is 14.8 Å². The number of amides is 1. The highest BCUT2D eigenvalue weighted by Gasteiger charge is 2.23. The molecule has 5 nitrogen and oxygen atoms in total. The Hall–Kier alpha value is -1.99. The average molecular weight is 393 g/mol. The van der Waals surface area contributed by atoms with Crippen molar-refractivity contribution in [2.75, 3.05) is 13.7 Å². The third kappa shape index (κ3) is 4.84. The summed E-state index contributed by atoms with van der Waals surface area (Å²) < 4.78 is 25.2. The summed E-state index contributed by atoms with van der Waals surface area (Å²) in [5, 5.41) is 3.32. The number of nitrogens with one attached hydrogen (secondary N) is 1. The number of benzene rings is 1. The molecular formula is C20H24FNO4S. The number of fused-ring (bicyclic) bond motifs is 1. The Bertz CT molecular complexity index is 812. The van der Waals surface area contributed by atoms with Gasteiger partial charge in [0, 0.05) is 28.8 Å². The lowest BCUT2D eigenvalue weighted by atomic mass is 10.1. The predicted molar refractivity (Wildman–Crippen MR) is 102 cm³/mol. The maximum Gasteiger partial charge on any atom is 0.349 e. The highest BCUT2D eigenvalue weighted by Crippen LogP contribution is 2.34. The number of thiophene rings is 1. The Morgan fingerprint density at radius 3 is 2.67 bits per heavy atom. The normalized spacial score (nSPS) is 15.5. The minimum atomic E-state index is -0.626. The molecule has 1 heterocycles. The Labute approximate surface area is 161 Å². The standard InChI is InChI=1S/C20H24FNO4S/c1-25-11-14-18-15(21)9-6-10-16(18)27-19(14)20(24)26-12-17(23)22-13-7-4-2-3-5-8-13/h6,9-10,13H,2-5,7-8,11-12H2,1H3,(H,22,23). The van der Waals surface area contributed by atoms with Crippen LogP contribution >= 0.6 is 11.3 Å². The average Bonchev–Trinajstić information content (AvgIpc) is 2.83. The van der Waals surface area contributed by atoms with Crippen molar-refractivity contribution < 1.29 is 23.5 Å². The summed E-state index contributed by atoms with van der Waals surface area (Å²) in [6, 6.07) is 4.85. The molecule has 0 spiro atoms. The van der Waals surface area contributed by atoms with Gasteiger partial charge >= 0.3 is 5.97 Å². The molecule has 1 fully saturated rings. The van der Waals surface area contributed by atoms with Crippen LogP contribution in [0.25, 0.3) is 10.1 Å². The fraction of sp³-hybridized carbons (Fsp3) is 0.500. The lowest BCUT2D eigenvalue weighted by Crippen LogP contribution is -2.37. The van der Waals surface area contributed by atoms with Gasteiger partial charge in [-0.15, -0.1) is 11.3 Å². The molecule has 3 rings (SSSR count). The largest absolute Gasteiger partial charge is 0.451 e. The third-order valence-electron chi connectivity index (χ3n) is 4.79. The molecule has 1 aromatic carbocycles. The van der Waals surface area contributed by atoms with E-state index < -0.39 is 11.8 Å². The van der Waals surface area contributed by atoms with Crippen molar-refractivity contribution in [1.82, 2.24) is 5.32 Å². The van der Waals surface area contributed by atoms with Crippen molar-refractivity contribution in [3.05, 3.63) is 34.5 Å². The summed E-state index contributed by atoms with van der Waals surface area (Å²) in [7, 11) is 1.49. The lowest BCUT2D eigenvalue weighted by molar-refractivity contribution is -0.125. The molecule has 0 unspecified atom stereocenters. The fourth-order valence-electron chi connectivity index (χ4n) is 3.50. The molecule has 0 saturated heterocycles. The van der Waals surface area contributed by atoms with E-state index in [1.807, 2.05) is 0 Å². The van der Waals surface area contributed by atoms with Gasteiger partial charge in [0.1, 0.15) is 10.7 Å². The first kappa shape index (κ1) is 19.8. The van der Waals surface area contributed by atoms with Gasteiger partial charge in [-0.2, -0.15) is 0 Å². The number of carbonyl (C=O) groups excluding carboxylic acids is 2. The highest BCUT2D eigenvalue weighted by molar-refractivity contribution is 7.21. The second kappa shape index (κ2) is 9.28. The number of halogens is 1. The second-order valence-corrected chi connectivity index (χ2v) is 7.84. The molecule has 0 aliphatic heterocycles. The number of rotatable bonds is 6. The highest BCUT2D eigenvalue weighted by atomic mass is 32.1. The van der Waals surface area contributed by atoms with E-state index in [9.17, 15) is 14.0 Å². The molecule has 2 aromatic rings. The lowest BCUT2D eigenvalue weighted by Gasteiger charge is -2.16. The predicted octanol–water partition coefficient (Wildman–Crippen LogP) is 4.18. The molecule has 0 radical (unpaired) electrons. The van der Waals surface area contributed by atoms with Crippen molar-refractivity contribution in [3.63, 3.8) is 0 Å². The first-order valence-electron chi connectivity index (χ1n) is 9.25. The summed E-state index contributed by atoms with van der Waals surface area (Å²) in [5.74, 6) is -1.32. The Balaban J connectivity index is 1.66. The molecule has 0 bridgehead atoms. The molecule has 1 aliphatic rings. The van der Waals surface area contributed by atoms with Crippen LogP contribution in [0.1, 0.15) is 53.8 Å². The van der Waals surface area contributed by atoms with Gasteiger partial charge in [-0.3, -0.25) is 4.79 Å². The van der Waals surface area contributed by atoms with Crippen LogP contribution < -0.4 is 5.32 Å². The van der Waals surface area contributed by atoms with Gasteiger partial charge in [-0.25, -0.2) is 9.18 Å². The van der Waals surface area contributed by atoms with Crippen molar-refractivity contribution in [3.8, 4) is 0 Å². The van der Waals surface area contributed by atoms with Crippen molar-refractivity contribution in [2.45, 2.75) is 51.2 Å². The topological polar surface area (TPSA) is 64.6 Å². The summed E-state index contributed by atoms with van der Waals surface area (Å²) in [5.41, 5.74) is 0.463. The van der Waals surface area contributed by atoms with Crippen molar-refractivity contribution in [1.29, 1.82) is 0 Å². The number of methoxy groups -OCH3 is 1. The first-order chi connectivity index (χ1) is 13.1. The molecule has 146 valence electrons. The maximum absolute atomic E-state index is 14.2. The van der Waals surface area contributed by atoms with E-state index in [1.165, 1.54) is 26.0 Å². The van der Waals surface area contributed by atoms with Crippen molar-refractivity contribution in [2.24, 2.45) is 0 Å². The maximum atomic E-state index is 14.2. The van der Waals surface area contributed by atoms with E-state index in [1.54, 1.807) is 12.1 Å². The molecule has 1 aliphatic carbocycles. The van der Waals surface area contributed by atoms with Crippen LogP contribution in [0, 0.1) is 5.82 Å². The number of ether oxygens (including phenoxy) is 2. The van der Waals surface area contributed by atoms with Gasteiger partial charge in [0.2, 0.25) is 0 Å². The molecule has 0 atom stereocenters. The monoisotopic (exact) mass is 393 g/mol. The zero-order chi connectivity index (χ0) is 19.2. The van der Waals surface area contributed by atoms with Crippen LogP contribution in [0.3, 0.4) is 0 Å². The zero-order valence-corrected chi connectivity index (χ0v) is 16.2. The molecule has 1 saturated carbocycles. The third-order valence-corrected chi connectivity index (χ3v) is 5.97. The van der Waals surface area contributed by atoms with Crippen LogP contribution in [0.15, 0.2) is 18.2 Å². The van der Waals surface area contributed by atoms with Crippen LogP contribution in [-0.2, 0) is 20.9 Å². The van der Waals surface area contributed by atoms with Crippen molar-refractivity contribution >= 4 is 33.3 Å². The first-order valence-corrected chi connectivity index (χ1v) is 10.1. The van der Waals surface area contributed by atoms with Gasteiger partial charge in [0.15, 0.2) is 6.61 Å². The van der Waals surface area contributed by atoms with E-state index in [0.29, 0.717) is 15.6 Å². The van der Waals surface area contributed by atoms with E-state index in [4.69, 9.17) is 9.47 Å². The van der Waals surface area contributed by atoms with E-state index >= 15 is 0 Å². The Kier molecular flexibility index (Phi) is 6.79. The Morgan fingerprint density at radius 1 is 1.22 bits per heavy atom. The fourth-order valence-corrected chi connectivity index (χ4v) is 4.62. The molecule has 1 N–H and O–H groups in total. The van der Waals surface area contributed by atoms with Gasteiger partial charge in [0.05, 0.1) is 6.61 Å². The summed E-state index contributed by atoms with van der Waals surface area (Å²) in [6.45, 7) is -0.238. The van der Waals surface area contributed by atoms with Crippen LogP contribution in [0.2, 0.25) is 0 Å². The van der Waals surface area contributed by atoms with E-state index in [2.05, 4.69) is 5.32 Å². The molecule has 1 aromatic heterocycles. The van der Waals surface area contributed by atoms with Crippen LogP contribution in [-0.4, -0.2) is 31.6 Å². The number of hydrogen-bond acceptors (Lipinski definition) is 5. The quantitative estimate of drug-likeness (QED) is 0.591.